The van der Waals surface area contributed by atoms with Gasteiger partial charge in [0.25, 0.3) is 0 Å². The molecule has 18 heavy (non-hydrogen) atoms. The van der Waals surface area contributed by atoms with E-state index in [4.69, 9.17) is 5.26 Å². The van der Waals surface area contributed by atoms with Crippen LogP contribution in [0.1, 0.15) is 26.2 Å². The molecule has 1 aliphatic rings. The fourth-order valence-electron chi connectivity index (χ4n) is 1.74. The van der Waals surface area contributed by atoms with Gasteiger partial charge in [0.1, 0.15) is 17.5 Å². The highest BCUT2D eigenvalue weighted by Gasteiger charge is 2.12. The Labute approximate surface area is 106 Å². The van der Waals surface area contributed by atoms with Crippen LogP contribution in [-0.2, 0) is 9.53 Å². The summed E-state index contributed by atoms with van der Waals surface area (Å²) in [7, 11) is 0. The monoisotopic (exact) mass is 252 g/mol. The van der Waals surface area contributed by atoms with Crippen LogP contribution in [0.2, 0.25) is 0 Å². The third-order valence-electron chi connectivity index (χ3n) is 2.59. The predicted molar refractivity (Wildman–Crippen MR) is 64.9 cm³/mol. The number of hydrogen-bond acceptors (Lipinski definition) is 4. The maximum absolute atomic E-state index is 13.6. The summed E-state index contributed by atoms with van der Waals surface area (Å²) in [5.74, 6) is -1.39. The minimum Gasteiger partial charge on any atom is -0.462 e. The molecular weight excluding hydrogens is 235 g/mol. The Morgan fingerprint density at radius 2 is 2.11 bits per heavy atom. The average molecular weight is 252 g/mol. The number of likely N-dealkylation sites (tertiary alicyclic amines) is 1. The van der Waals surface area contributed by atoms with Gasteiger partial charge in [0.15, 0.2) is 0 Å². The van der Waals surface area contributed by atoms with E-state index in [-0.39, 0.29) is 12.2 Å². The smallest absolute Gasteiger partial charge is 0.348 e. The number of halogens is 1. The van der Waals surface area contributed by atoms with Crippen molar-refractivity contribution >= 4 is 5.97 Å². The van der Waals surface area contributed by atoms with Crippen molar-refractivity contribution in [2.45, 2.75) is 26.2 Å². The Morgan fingerprint density at radius 1 is 1.44 bits per heavy atom. The van der Waals surface area contributed by atoms with Crippen LogP contribution in [-0.4, -0.2) is 30.6 Å². The summed E-state index contributed by atoms with van der Waals surface area (Å²) in [5, 5.41) is 8.75. The topological polar surface area (TPSA) is 53.3 Å². The fourth-order valence-corrected chi connectivity index (χ4v) is 1.74. The lowest BCUT2D eigenvalue weighted by Gasteiger charge is -2.24. The second-order valence-corrected chi connectivity index (χ2v) is 4.00. The normalized spacial score (nSPS) is 17.3. The summed E-state index contributed by atoms with van der Waals surface area (Å²) in [6, 6.07) is 1.64. The first-order chi connectivity index (χ1) is 8.67. The Morgan fingerprint density at radius 3 is 2.67 bits per heavy atom. The quantitative estimate of drug-likeness (QED) is 0.333. The van der Waals surface area contributed by atoms with E-state index in [1.165, 1.54) is 6.20 Å². The highest BCUT2D eigenvalue weighted by molar-refractivity contribution is 5.93. The first kappa shape index (κ1) is 14.2. The highest BCUT2D eigenvalue weighted by atomic mass is 19.1. The number of rotatable bonds is 4. The SMILES string of the molecule is CCOC(=O)/C(C#N)=C\C(F)=C\N1CCCCC1. The minimum atomic E-state index is -0.790. The van der Waals surface area contributed by atoms with Gasteiger partial charge < -0.3 is 9.64 Å². The van der Waals surface area contributed by atoms with Crippen LogP contribution in [0.5, 0.6) is 0 Å². The lowest BCUT2D eigenvalue weighted by atomic mass is 10.1. The molecule has 0 aromatic heterocycles. The second-order valence-electron chi connectivity index (χ2n) is 4.00. The Hall–Kier alpha value is -1.83. The Bertz CT molecular complexity index is 390. The first-order valence-corrected chi connectivity index (χ1v) is 6.07. The zero-order valence-corrected chi connectivity index (χ0v) is 10.5. The molecule has 0 atom stereocenters. The van der Waals surface area contributed by atoms with Gasteiger partial charge in [-0.1, -0.05) is 0 Å². The predicted octanol–water partition coefficient (Wildman–Crippen LogP) is 2.30. The van der Waals surface area contributed by atoms with E-state index in [0.717, 1.165) is 38.4 Å². The molecule has 1 saturated heterocycles. The van der Waals surface area contributed by atoms with Crippen LogP contribution in [0.4, 0.5) is 4.39 Å². The number of hydrogen-bond donors (Lipinski definition) is 0. The molecule has 0 spiro atoms. The highest BCUT2D eigenvalue weighted by Crippen LogP contribution is 2.13. The molecule has 0 aliphatic carbocycles. The molecule has 0 aromatic rings. The Kier molecular flexibility index (Phi) is 5.92. The number of ether oxygens (including phenoxy) is 1. The number of allylic oxidation sites excluding steroid dienone is 2. The summed E-state index contributed by atoms with van der Waals surface area (Å²) >= 11 is 0. The van der Waals surface area contributed by atoms with Gasteiger partial charge in [-0.3, -0.25) is 0 Å². The van der Waals surface area contributed by atoms with E-state index in [1.54, 1.807) is 13.0 Å². The molecule has 4 nitrogen and oxygen atoms in total. The molecule has 0 N–H and O–H groups in total. The average Bonchev–Trinajstić information content (AvgIpc) is 2.37. The van der Waals surface area contributed by atoms with E-state index in [2.05, 4.69) is 4.74 Å². The van der Waals surface area contributed by atoms with Crippen molar-refractivity contribution in [2.75, 3.05) is 19.7 Å². The molecule has 0 saturated carbocycles. The molecule has 98 valence electrons. The van der Waals surface area contributed by atoms with Gasteiger partial charge in [-0.15, -0.1) is 0 Å². The minimum absolute atomic E-state index is 0.162. The van der Waals surface area contributed by atoms with Crippen molar-refractivity contribution in [3.8, 4) is 6.07 Å². The molecule has 0 amide bonds. The van der Waals surface area contributed by atoms with Crippen LogP contribution in [0.25, 0.3) is 0 Å². The molecule has 0 radical (unpaired) electrons. The van der Waals surface area contributed by atoms with Crippen LogP contribution in [0, 0.1) is 11.3 Å². The lowest BCUT2D eigenvalue weighted by Crippen LogP contribution is -2.24. The van der Waals surface area contributed by atoms with Crippen molar-refractivity contribution < 1.29 is 13.9 Å². The first-order valence-electron chi connectivity index (χ1n) is 6.07. The number of carbonyl (C=O) groups excluding carboxylic acids is 1. The van der Waals surface area contributed by atoms with E-state index in [0.29, 0.717) is 0 Å². The summed E-state index contributed by atoms with van der Waals surface area (Å²) < 4.78 is 18.3. The number of nitrogens with zero attached hydrogens (tertiary/aromatic N) is 2. The second kappa shape index (κ2) is 7.49. The third kappa shape index (κ3) is 4.58. The molecule has 1 aliphatic heterocycles. The van der Waals surface area contributed by atoms with Crippen molar-refractivity contribution in [2.24, 2.45) is 0 Å². The van der Waals surface area contributed by atoms with Gasteiger partial charge in [0, 0.05) is 25.4 Å². The third-order valence-corrected chi connectivity index (χ3v) is 2.59. The number of nitriles is 1. The van der Waals surface area contributed by atoms with E-state index >= 15 is 0 Å². The van der Waals surface area contributed by atoms with Gasteiger partial charge in [-0.25, -0.2) is 9.18 Å². The standard InChI is InChI=1S/C13H17FN2O2/c1-2-18-13(17)11(9-15)8-12(14)10-16-6-4-3-5-7-16/h8,10H,2-7H2,1H3/b11-8-,12-10-. The largest absolute Gasteiger partial charge is 0.462 e. The molecule has 1 heterocycles. The molecule has 5 heteroatoms. The molecule has 0 aromatic carbocycles. The maximum Gasteiger partial charge on any atom is 0.348 e. The van der Waals surface area contributed by atoms with E-state index < -0.39 is 11.8 Å². The molecule has 0 unspecified atom stereocenters. The Balaban J connectivity index is 2.69. The summed E-state index contributed by atoms with van der Waals surface area (Å²) in [5.41, 5.74) is -0.317. The summed E-state index contributed by atoms with van der Waals surface area (Å²) in [6.07, 6.45) is 5.50. The zero-order chi connectivity index (χ0) is 13.4. The maximum atomic E-state index is 13.6. The summed E-state index contributed by atoms with van der Waals surface area (Å²) in [6.45, 7) is 3.41. The number of piperidine rings is 1. The van der Waals surface area contributed by atoms with Crippen LogP contribution >= 0.6 is 0 Å². The molecular formula is C13H17FN2O2. The van der Waals surface area contributed by atoms with Crippen LogP contribution < -0.4 is 0 Å². The van der Waals surface area contributed by atoms with Crippen LogP contribution in [0.3, 0.4) is 0 Å². The van der Waals surface area contributed by atoms with Crippen molar-refractivity contribution in [1.82, 2.24) is 4.90 Å². The van der Waals surface area contributed by atoms with Gasteiger partial charge >= 0.3 is 5.97 Å². The fraction of sp³-hybridized carbons (Fsp3) is 0.538. The van der Waals surface area contributed by atoms with Gasteiger partial charge in [-0.2, -0.15) is 5.26 Å². The van der Waals surface area contributed by atoms with Crippen molar-refractivity contribution in [3.63, 3.8) is 0 Å². The van der Waals surface area contributed by atoms with Gasteiger partial charge in [0.05, 0.1) is 6.61 Å². The zero-order valence-electron chi connectivity index (χ0n) is 10.5. The van der Waals surface area contributed by atoms with E-state index in [1.807, 2.05) is 4.90 Å². The van der Waals surface area contributed by atoms with E-state index in [9.17, 15) is 9.18 Å². The molecule has 0 bridgehead atoms. The molecule has 1 rings (SSSR count). The van der Waals surface area contributed by atoms with Crippen molar-refractivity contribution in [1.29, 1.82) is 5.26 Å². The van der Waals surface area contributed by atoms with Gasteiger partial charge in [-0.05, 0) is 26.2 Å². The number of carbonyl (C=O) groups is 1. The van der Waals surface area contributed by atoms with Crippen molar-refractivity contribution in [3.05, 3.63) is 23.7 Å². The number of esters is 1. The van der Waals surface area contributed by atoms with Gasteiger partial charge in [0.2, 0.25) is 0 Å². The molecule has 1 fully saturated rings. The van der Waals surface area contributed by atoms with Crippen LogP contribution in [0.15, 0.2) is 23.7 Å². The lowest BCUT2D eigenvalue weighted by molar-refractivity contribution is -0.138. The summed E-state index contributed by atoms with van der Waals surface area (Å²) in [4.78, 5) is 13.1.